The van der Waals surface area contributed by atoms with Crippen molar-refractivity contribution in [3.8, 4) is 0 Å². The number of carbonyl (C=O) groups excluding carboxylic acids is 1. The van der Waals surface area contributed by atoms with Crippen LogP contribution in [-0.2, 0) is 0 Å². The zero-order chi connectivity index (χ0) is 12.0. The minimum atomic E-state index is 0.0177. The normalized spacial score (nSPS) is 29.9. The molecule has 0 aromatic heterocycles. The largest absolute Gasteiger partial charge is 0.349 e. The van der Waals surface area contributed by atoms with E-state index in [-0.39, 0.29) is 5.91 Å². The van der Waals surface area contributed by atoms with E-state index in [0.717, 1.165) is 18.7 Å². The smallest absolute Gasteiger partial charge is 0.251 e. The number of hydrogen-bond donors (Lipinski definition) is 2. The lowest BCUT2D eigenvalue weighted by molar-refractivity contribution is 0.0946. The number of carbonyl (C=O) groups is 1. The Morgan fingerprint density at radius 2 is 2.12 bits per heavy atom. The molecule has 1 heterocycles. The highest BCUT2D eigenvalue weighted by molar-refractivity contribution is 6.31. The van der Waals surface area contributed by atoms with Crippen LogP contribution >= 0.6 is 11.6 Å². The summed E-state index contributed by atoms with van der Waals surface area (Å²) in [5.74, 6) is 1.31. The Bertz CT molecular complexity index is 464. The minimum Gasteiger partial charge on any atom is -0.349 e. The van der Waals surface area contributed by atoms with Crippen LogP contribution in [0.5, 0.6) is 0 Å². The molecule has 3 rings (SSSR count). The molecule has 2 unspecified atom stereocenters. The molecule has 0 radical (unpaired) electrons. The third-order valence-corrected chi connectivity index (χ3v) is 4.23. The SMILES string of the molecule is Cc1cc(C(=O)NC2C3CNCC32)ccc1Cl. The van der Waals surface area contributed by atoms with Crippen molar-refractivity contribution in [1.29, 1.82) is 0 Å². The van der Waals surface area contributed by atoms with Gasteiger partial charge in [0.2, 0.25) is 0 Å². The fraction of sp³-hybridized carbons (Fsp3) is 0.462. The topological polar surface area (TPSA) is 41.1 Å². The van der Waals surface area contributed by atoms with Gasteiger partial charge in [-0.15, -0.1) is 0 Å². The van der Waals surface area contributed by atoms with Gasteiger partial charge < -0.3 is 10.6 Å². The summed E-state index contributed by atoms with van der Waals surface area (Å²) in [6.07, 6.45) is 0. The predicted octanol–water partition coefficient (Wildman–Crippen LogP) is 1.60. The monoisotopic (exact) mass is 250 g/mol. The quantitative estimate of drug-likeness (QED) is 0.837. The van der Waals surface area contributed by atoms with Crippen LogP contribution in [0.2, 0.25) is 5.02 Å². The van der Waals surface area contributed by atoms with Gasteiger partial charge in [0.25, 0.3) is 5.91 Å². The zero-order valence-corrected chi connectivity index (χ0v) is 10.4. The molecule has 90 valence electrons. The van der Waals surface area contributed by atoms with Crippen LogP contribution < -0.4 is 10.6 Å². The maximum atomic E-state index is 12.0. The van der Waals surface area contributed by atoms with Gasteiger partial charge in [-0.3, -0.25) is 4.79 Å². The molecule has 1 saturated heterocycles. The van der Waals surface area contributed by atoms with Crippen molar-refractivity contribution < 1.29 is 4.79 Å². The number of rotatable bonds is 2. The van der Waals surface area contributed by atoms with Crippen molar-refractivity contribution in [2.45, 2.75) is 13.0 Å². The predicted molar refractivity (Wildman–Crippen MR) is 67.3 cm³/mol. The Balaban J connectivity index is 1.68. The zero-order valence-electron chi connectivity index (χ0n) is 9.66. The summed E-state index contributed by atoms with van der Waals surface area (Å²) < 4.78 is 0. The lowest BCUT2D eigenvalue weighted by Crippen LogP contribution is -2.32. The van der Waals surface area contributed by atoms with Crippen LogP contribution in [0.25, 0.3) is 0 Å². The summed E-state index contributed by atoms with van der Waals surface area (Å²) in [4.78, 5) is 12.0. The van der Waals surface area contributed by atoms with Gasteiger partial charge in [0, 0.05) is 29.7 Å². The summed E-state index contributed by atoms with van der Waals surface area (Å²) >= 11 is 5.94. The van der Waals surface area contributed by atoms with E-state index in [4.69, 9.17) is 11.6 Å². The van der Waals surface area contributed by atoms with Crippen molar-refractivity contribution in [3.63, 3.8) is 0 Å². The number of aryl methyl sites for hydroxylation is 1. The van der Waals surface area contributed by atoms with E-state index in [1.807, 2.05) is 13.0 Å². The highest BCUT2D eigenvalue weighted by Crippen LogP contribution is 2.41. The second-order valence-corrected chi connectivity index (χ2v) is 5.36. The van der Waals surface area contributed by atoms with Gasteiger partial charge in [0.1, 0.15) is 0 Å². The molecule has 1 aliphatic carbocycles. The van der Waals surface area contributed by atoms with E-state index < -0.39 is 0 Å². The van der Waals surface area contributed by atoms with Gasteiger partial charge >= 0.3 is 0 Å². The van der Waals surface area contributed by atoms with E-state index >= 15 is 0 Å². The van der Waals surface area contributed by atoms with Crippen molar-refractivity contribution >= 4 is 17.5 Å². The molecule has 1 aromatic carbocycles. The Morgan fingerprint density at radius 3 is 2.76 bits per heavy atom. The van der Waals surface area contributed by atoms with Crippen LogP contribution in [0.4, 0.5) is 0 Å². The van der Waals surface area contributed by atoms with Crippen molar-refractivity contribution in [2.24, 2.45) is 11.8 Å². The van der Waals surface area contributed by atoms with Gasteiger partial charge in [-0.2, -0.15) is 0 Å². The maximum absolute atomic E-state index is 12.0. The van der Waals surface area contributed by atoms with Crippen LogP contribution in [0.1, 0.15) is 15.9 Å². The fourth-order valence-electron chi connectivity index (χ4n) is 2.65. The third-order valence-electron chi connectivity index (χ3n) is 3.81. The summed E-state index contributed by atoms with van der Waals surface area (Å²) in [6, 6.07) is 5.77. The third kappa shape index (κ3) is 1.94. The van der Waals surface area contributed by atoms with Gasteiger partial charge in [0.05, 0.1) is 0 Å². The van der Waals surface area contributed by atoms with Gasteiger partial charge in [-0.1, -0.05) is 11.6 Å². The average molecular weight is 251 g/mol. The van der Waals surface area contributed by atoms with E-state index in [1.54, 1.807) is 12.1 Å². The molecule has 2 fully saturated rings. The Hall–Kier alpha value is -1.06. The maximum Gasteiger partial charge on any atom is 0.251 e. The average Bonchev–Trinajstić information content (AvgIpc) is 2.76. The van der Waals surface area contributed by atoms with Crippen molar-refractivity contribution in [3.05, 3.63) is 34.3 Å². The Labute approximate surface area is 106 Å². The molecule has 3 nitrogen and oxygen atoms in total. The number of nitrogens with one attached hydrogen (secondary N) is 2. The number of fused-ring (bicyclic) bond motifs is 1. The fourth-order valence-corrected chi connectivity index (χ4v) is 2.77. The molecular formula is C13H15ClN2O. The first kappa shape index (κ1) is 11.1. The second-order valence-electron chi connectivity index (χ2n) is 4.95. The van der Waals surface area contributed by atoms with Crippen LogP contribution in [0.3, 0.4) is 0 Å². The number of piperidine rings is 1. The first-order chi connectivity index (χ1) is 8.16. The summed E-state index contributed by atoms with van der Waals surface area (Å²) in [5.41, 5.74) is 1.64. The molecule has 1 aliphatic heterocycles. The Kier molecular flexibility index (Phi) is 2.60. The van der Waals surface area contributed by atoms with Crippen molar-refractivity contribution in [1.82, 2.24) is 10.6 Å². The highest BCUT2D eigenvalue weighted by Gasteiger charge is 2.53. The lowest BCUT2D eigenvalue weighted by Gasteiger charge is -2.08. The number of halogens is 1. The van der Waals surface area contributed by atoms with E-state index in [1.165, 1.54) is 0 Å². The molecular weight excluding hydrogens is 236 g/mol. The van der Waals surface area contributed by atoms with Crippen LogP contribution in [0.15, 0.2) is 18.2 Å². The first-order valence-electron chi connectivity index (χ1n) is 5.94. The summed E-state index contributed by atoms with van der Waals surface area (Å²) in [5, 5.41) is 7.11. The molecule has 17 heavy (non-hydrogen) atoms. The van der Waals surface area contributed by atoms with E-state index in [0.29, 0.717) is 28.5 Å². The number of amides is 1. The number of hydrogen-bond acceptors (Lipinski definition) is 2. The molecule has 2 atom stereocenters. The standard InChI is InChI=1S/C13H15ClN2O/c1-7-4-8(2-3-11(7)14)13(17)16-12-9-5-15-6-10(9)12/h2-4,9-10,12,15H,5-6H2,1H3,(H,16,17). The molecule has 2 N–H and O–H groups in total. The molecule has 1 aromatic rings. The summed E-state index contributed by atoms with van der Waals surface area (Å²) in [7, 11) is 0. The molecule has 1 amide bonds. The van der Waals surface area contributed by atoms with Crippen molar-refractivity contribution in [2.75, 3.05) is 13.1 Å². The van der Waals surface area contributed by atoms with Gasteiger partial charge in [-0.25, -0.2) is 0 Å². The van der Waals surface area contributed by atoms with Crippen LogP contribution in [-0.4, -0.2) is 25.0 Å². The molecule has 0 bridgehead atoms. The van der Waals surface area contributed by atoms with E-state index in [9.17, 15) is 4.79 Å². The minimum absolute atomic E-state index is 0.0177. The molecule has 0 spiro atoms. The summed E-state index contributed by atoms with van der Waals surface area (Å²) in [6.45, 7) is 3.99. The van der Waals surface area contributed by atoms with Gasteiger partial charge in [-0.05, 0) is 42.5 Å². The molecule has 4 heteroatoms. The second kappa shape index (κ2) is 4.00. The molecule has 1 saturated carbocycles. The first-order valence-corrected chi connectivity index (χ1v) is 6.32. The van der Waals surface area contributed by atoms with Crippen LogP contribution in [0, 0.1) is 18.8 Å². The van der Waals surface area contributed by atoms with E-state index in [2.05, 4.69) is 10.6 Å². The molecule has 2 aliphatic rings. The Morgan fingerprint density at radius 1 is 1.41 bits per heavy atom. The number of benzene rings is 1. The lowest BCUT2D eigenvalue weighted by atomic mass is 10.1. The van der Waals surface area contributed by atoms with Gasteiger partial charge in [0.15, 0.2) is 0 Å². The highest BCUT2D eigenvalue weighted by atomic mass is 35.5.